The summed E-state index contributed by atoms with van der Waals surface area (Å²) in [6, 6.07) is 0. The van der Waals surface area contributed by atoms with Gasteiger partial charge >= 0.3 is 5.69 Å². The first-order chi connectivity index (χ1) is 8.27. The van der Waals surface area contributed by atoms with Crippen LogP contribution in [0.15, 0.2) is 6.33 Å². The molecule has 0 aliphatic heterocycles. The number of aromatic nitrogens is 2. The van der Waals surface area contributed by atoms with Crippen LogP contribution in [-0.4, -0.2) is 27.4 Å². The molecule has 0 aromatic carbocycles. The fourth-order valence-corrected chi connectivity index (χ4v) is 1.50. The van der Waals surface area contributed by atoms with Crippen LogP contribution in [0.4, 0.5) is 5.69 Å². The predicted octanol–water partition coefficient (Wildman–Crippen LogP) is 2.59. The van der Waals surface area contributed by atoms with Crippen molar-refractivity contribution in [3.63, 3.8) is 0 Å². The molecule has 6 nitrogen and oxygen atoms in total. The van der Waals surface area contributed by atoms with Crippen molar-refractivity contribution in [2.75, 3.05) is 7.11 Å². The molecule has 0 aliphatic carbocycles. The van der Waals surface area contributed by atoms with Gasteiger partial charge in [0.15, 0.2) is 0 Å². The van der Waals surface area contributed by atoms with Crippen LogP contribution in [0.2, 0.25) is 0 Å². The average molecular weight is 274 g/mol. The number of methoxy groups -OCH3 is 1. The molecule has 0 aliphatic rings. The van der Waals surface area contributed by atoms with E-state index in [9.17, 15) is 10.1 Å². The van der Waals surface area contributed by atoms with Gasteiger partial charge in [0.05, 0.1) is 12.0 Å². The Hall–Kier alpha value is -1.43. The lowest BCUT2D eigenvalue weighted by atomic mass is 9.89. The predicted molar refractivity (Wildman–Crippen MR) is 68.0 cm³/mol. The van der Waals surface area contributed by atoms with Crippen molar-refractivity contribution in [2.45, 2.75) is 32.6 Å². The van der Waals surface area contributed by atoms with E-state index >= 15 is 0 Å². The molecule has 1 atom stereocenters. The highest BCUT2D eigenvalue weighted by Gasteiger charge is 2.29. The van der Waals surface area contributed by atoms with Crippen LogP contribution in [0.1, 0.15) is 26.5 Å². The summed E-state index contributed by atoms with van der Waals surface area (Å²) < 4.78 is 4.88. The van der Waals surface area contributed by atoms with E-state index in [1.165, 1.54) is 13.4 Å². The zero-order valence-electron chi connectivity index (χ0n) is 10.8. The van der Waals surface area contributed by atoms with E-state index < -0.39 is 4.92 Å². The second-order valence-corrected chi connectivity index (χ2v) is 5.50. The van der Waals surface area contributed by atoms with Crippen LogP contribution >= 0.6 is 11.6 Å². The van der Waals surface area contributed by atoms with Crippen molar-refractivity contribution < 1.29 is 9.66 Å². The Morgan fingerprint density at radius 1 is 1.50 bits per heavy atom. The molecule has 0 bridgehead atoms. The molecule has 0 spiro atoms. The normalized spacial score (nSPS) is 13.2. The van der Waals surface area contributed by atoms with Crippen molar-refractivity contribution in [3.8, 4) is 5.88 Å². The molecule has 1 unspecified atom stereocenters. The van der Waals surface area contributed by atoms with E-state index in [0.717, 1.165) is 0 Å². The van der Waals surface area contributed by atoms with Gasteiger partial charge in [-0.25, -0.2) is 4.98 Å². The summed E-state index contributed by atoms with van der Waals surface area (Å²) in [6.45, 7) is 5.90. The first-order valence-corrected chi connectivity index (χ1v) is 5.87. The highest BCUT2D eigenvalue weighted by atomic mass is 35.5. The maximum Gasteiger partial charge on any atom is 0.352 e. The van der Waals surface area contributed by atoms with E-state index in [4.69, 9.17) is 16.3 Å². The highest BCUT2D eigenvalue weighted by Crippen LogP contribution is 2.32. The number of nitro groups is 1. The van der Waals surface area contributed by atoms with Crippen LogP contribution < -0.4 is 4.74 Å². The fraction of sp³-hybridized carbons (Fsp3) is 0.636. The van der Waals surface area contributed by atoms with Crippen molar-refractivity contribution in [1.29, 1.82) is 0 Å². The first kappa shape index (κ1) is 14.6. The summed E-state index contributed by atoms with van der Waals surface area (Å²) >= 11 is 6.24. The quantitative estimate of drug-likeness (QED) is 0.479. The van der Waals surface area contributed by atoms with Gasteiger partial charge in [-0.2, -0.15) is 4.98 Å². The van der Waals surface area contributed by atoms with Crippen molar-refractivity contribution >= 4 is 17.3 Å². The average Bonchev–Trinajstić information content (AvgIpc) is 2.26. The molecule has 1 aromatic heterocycles. The van der Waals surface area contributed by atoms with Crippen LogP contribution in [0.5, 0.6) is 5.88 Å². The lowest BCUT2D eigenvalue weighted by Crippen LogP contribution is -2.24. The van der Waals surface area contributed by atoms with E-state index in [1.807, 2.05) is 20.8 Å². The Kier molecular flexibility index (Phi) is 4.45. The molecule has 0 radical (unpaired) electrons. The van der Waals surface area contributed by atoms with Gasteiger partial charge in [0.25, 0.3) is 5.88 Å². The SMILES string of the molecule is COc1ncnc(CC(Cl)C(C)(C)C)c1[N+](=O)[O-]. The van der Waals surface area contributed by atoms with Crippen LogP contribution in [0, 0.1) is 15.5 Å². The summed E-state index contributed by atoms with van der Waals surface area (Å²) in [6.07, 6.45) is 1.54. The van der Waals surface area contributed by atoms with Gasteiger partial charge in [-0.1, -0.05) is 20.8 Å². The van der Waals surface area contributed by atoms with E-state index in [1.54, 1.807) is 0 Å². The Balaban J connectivity index is 3.13. The summed E-state index contributed by atoms with van der Waals surface area (Å²) in [5.74, 6) is -0.0391. The Morgan fingerprint density at radius 3 is 2.56 bits per heavy atom. The largest absolute Gasteiger partial charge is 0.476 e. The highest BCUT2D eigenvalue weighted by molar-refractivity contribution is 6.21. The smallest absolute Gasteiger partial charge is 0.352 e. The topological polar surface area (TPSA) is 78.2 Å². The monoisotopic (exact) mass is 273 g/mol. The molecule has 1 aromatic rings. The zero-order valence-corrected chi connectivity index (χ0v) is 11.6. The van der Waals surface area contributed by atoms with Gasteiger partial charge in [-0.05, 0) is 5.41 Å². The number of ether oxygens (including phenoxy) is 1. The minimum absolute atomic E-state index is 0.0391. The van der Waals surface area contributed by atoms with E-state index in [2.05, 4.69) is 9.97 Å². The molecular weight excluding hydrogens is 258 g/mol. The van der Waals surface area contributed by atoms with Crippen LogP contribution in [-0.2, 0) is 6.42 Å². The van der Waals surface area contributed by atoms with Gasteiger partial charge in [-0.15, -0.1) is 11.6 Å². The Labute approximate surface area is 110 Å². The molecule has 0 saturated heterocycles. The summed E-state index contributed by atoms with van der Waals surface area (Å²) in [5, 5.41) is 10.8. The van der Waals surface area contributed by atoms with Gasteiger partial charge < -0.3 is 4.74 Å². The van der Waals surface area contributed by atoms with Crippen molar-refractivity contribution in [3.05, 3.63) is 22.1 Å². The molecule has 100 valence electrons. The second kappa shape index (κ2) is 5.48. The molecular formula is C11H16ClN3O3. The fourth-order valence-electron chi connectivity index (χ4n) is 1.35. The van der Waals surface area contributed by atoms with Gasteiger partial charge in [0, 0.05) is 11.8 Å². The number of nitrogens with zero attached hydrogens (tertiary/aromatic N) is 3. The van der Waals surface area contributed by atoms with Crippen molar-refractivity contribution in [1.82, 2.24) is 9.97 Å². The van der Waals surface area contributed by atoms with E-state index in [-0.39, 0.29) is 22.4 Å². The summed E-state index contributed by atoms with van der Waals surface area (Å²) in [5.41, 5.74) is -0.0928. The zero-order chi connectivity index (χ0) is 13.9. The van der Waals surface area contributed by atoms with Gasteiger partial charge in [-0.3, -0.25) is 10.1 Å². The lowest BCUT2D eigenvalue weighted by molar-refractivity contribution is -0.387. The number of halogens is 1. The van der Waals surface area contributed by atoms with Crippen molar-refractivity contribution in [2.24, 2.45) is 5.41 Å². The van der Waals surface area contributed by atoms with Crippen LogP contribution in [0.25, 0.3) is 0 Å². The molecule has 1 rings (SSSR count). The maximum atomic E-state index is 11.0. The van der Waals surface area contributed by atoms with E-state index in [0.29, 0.717) is 12.1 Å². The van der Waals surface area contributed by atoms with Gasteiger partial charge in [0.1, 0.15) is 12.0 Å². The molecule has 7 heteroatoms. The summed E-state index contributed by atoms with van der Waals surface area (Å²) in [7, 11) is 1.33. The van der Waals surface area contributed by atoms with Gasteiger partial charge in [0.2, 0.25) is 0 Å². The number of rotatable bonds is 4. The maximum absolute atomic E-state index is 11.0. The molecule has 0 amide bonds. The molecule has 0 fully saturated rings. The minimum Gasteiger partial charge on any atom is -0.476 e. The minimum atomic E-state index is -0.541. The Bertz CT molecular complexity index is 446. The third-order valence-electron chi connectivity index (χ3n) is 2.55. The summed E-state index contributed by atoms with van der Waals surface area (Å²) in [4.78, 5) is 18.2. The lowest BCUT2D eigenvalue weighted by Gasteiger charge is -2.24. The molecule has 0 N–H and O–H groups in total. The molecule has 18 heavy (non-hydrogen) atoms. The van der Waals surface area contributed by atoms with Crippen LogP contribution in [0.3, 0.4) is 0 Å². The second-order valence-electron chi connectivity index (χ2n) is 4.97. The first-order valence-electron chi connectivity index (χ1n) is 5.43. The Morgan fingerprint density at radius 2 is 2.11 bits per heavy atom. The standard InChI is InChI=1S/C11H16ClN3O3/c1-11(2,3)8(12)5-7-9(15(16)17)10(18-4)14-6-13-7/h6,8H,5H2,1-4H3. The number of hydrogen-bond donors (Lipinski definition) is 0. The number of alkyl halides is 1. The number of hydrogen-bond acceptors (Lipinski definition) is 5. The molecule has 1 heterocycles. The third-order valence-corrected chi connectivity index (χ3v) is 3.36. The third kappa shape index (κ3) is 3.29. The molecule has 0 saturated carbocycles.